The van der Waals surface area contributed by atoms with Gasteiger partial charge in [-0.25, -0.2) is 4.79 Å². The maximum atomic E-state index is 12.6. The quantitative estimate of drug-likeness (QED) is 0.512. The van der Waals surface area contributed by atoms with E-state index in [2.05, 4.69) is 31.4 Å². The lowest BCUT2D eigenvalue weighted by molar-refractivity contribution is -0.147. The van der Waals surface area contributed by atoms with Gasteiger partial charge in [0.25, 0.3) is 11.8 Å². The van der Waals surface area contributed by atoms with Gasteiger partial charge in [0.2, 0.25) is 0 Å². The molecule has 1 heterocycles. The molecule has 4 amide bonds. The Hall–Kier alpha value is -2.90. The molecule has 1 aromatic carbocycles. The average Bonchev–Trinajstić information content (AvgIpc) is 3.26. The van der Waals surface area contributed by atoms with Crippen LogP contribution in [0.1, 0.15) is 64.9 Å². The van der Waals surface area contributed by atoms with E-state index in [1.165, 1.54) is 4.90 Å². The number of anilines is 1. The number of rotatable bonds is 7. The van der Waals surface area contributed by atoms with Gasteiger partial charge in [-0.3, -0.25) is 19.3 Å². The highest BCUT2D eigenvalue weighted by atomic mass is 16.5. The number of benzene rings is 1. The van der Waals surface area contributed by atoms with Crippen LogP contribution in [-0.2, 0) is 24.5 Å². The molecule has 1 aliphatic heterocycles. The van der Waals surface area contributed by atoms with E-state index in [9.17, 15) is 19.2 Å². The van der Waals surface area contributed by atoms with Gasteiger partial charge in [0.05, 0.1) is 0 Å². The van der Waals surface area contributed by atoms with E-state index in [0.29, 0.717) is 24.9 Å². The maximum absolute atomic E-state index is 12.6. The first-order chi connectivity index (χ1) is 14.6. The van der Waals surface area contributed by atoms with Crippen LogP contribution in [0.2, 0.25) is 0 Å². The lowest BCUT2D eigenvalue weighted by Crippen LogP contribution is -2.44. The Morgan fingerprint density at radius 3 is 2.39 bits per heavy atom. The minimum atomic E-state index is -0.735. The Balaban J connectivity index is 1.37. The largest absolute Gasteiger partial charge is 0.456 e. The van der Waals surface area contributed by atoms with E-state index in [1.54, 1.807) is 0 Å². The SMILES string of the molecule is CC(C)(C)c1ccc(NC(=O)COC(=O)CCCN2C(=O)NC3(CCCC3)C2=O)cc1. The number of nitrogens with one attached hydrogen (secondary N) is 2. The van der Waals surface area contributed by atoms with Crippen LogP contribution >= 0.6 is 0 Å². The molecule has 8 nitrogen and oxygen atoms in total. The molecule has 0 bridgehead atoms. The lowest BCUT2D eigenvalue weighted by atomic mass is 9.87. The normalized spacial score (nSPS) is 17.7. The van der Waals surface area contributed by atoms with Gasteiger partial charge >= 0.3 is 12.0 Å². The summed E-state index contributed by atoms with van der Waals surface area (Å²) in [7, 11) is 0. The zero-order valence-corrected chi connectivity index (χ0v) is 18.5. The molecule has 8 heteroatoms. The number of ether oxygens (including phenoxy) is 1. The van der Waals surface area contributed by atoms with Gasteiger partial charge < -0.3 is 15.4 Å². The third kappa shape index (κ3) is 5.42. The van der Waals surface area contributed by atoms with Crippen molar-refractivity contribution in [2.24, 2.45) is 0 Å². The van der Waals surface area contributed by atoms with Crippen molar-refractivity contribution in [2.45, 2.75) is 70.3 Å². The summed E-state index contributed by atoms with van der Waals surface area (Å²) in [4.78, 5) is 49.8. The zero-order chi connectivity index (χ0) is 22.6. The Labute approximate surface area is 182 Å². The number of carbonyl (C=O) groups is 4. The molecule has 1 saturated carbocycles. The number of carbonyl (C=O) groups excluding carboxylic acids is 4. The molecule has 2 aliphatic rings. The van der Waals surface area contributed by atoms with E-state index >= 15 is 0 Å². The Morgan fingerprint density at radius 2 is 1.77 bits per heavy atom. The first-order valence-electron chi connectivity index (χ1n) is 10.8. The average molecular weight is 430 g/mol. The second kappa shape index (κ2) is 9.08. The summed E-state index contributed by atoms with van der Waals surface area (Å²) in [6, 6.07) is 7.14. The van der Waals surface area contributed by atoms with Crippen molar-refractivity contribution in [1.82, 2.24) is 10.2 Å². The Kier molecular flexibility index (Phi) is 6.67. The van der Waals surface area contributed by atoms with Crippen LogP contribution < -0.4 is 10.6 Å². The fraction of sp³-hybridized carbons (Fsp3) is 0.565. The summed E-state index contributed by atoms with van der Waals surface area (Å²) in [6.45, 7) is 6.11. The Bertz CT molecular complexity index is 851. The van der Waals surface area contributed by atoms with Crippen LogP contribution in [0, 0.1) is 0 Å². The minimum absolute atomic E-state index is 0.0239. The second-order valence-corrected chi connectivity index (χ2v) is 9.32. The number of imide groups is 1. The van der Waals surface area contributed by atoms with E-state index in [-0.39, 0.29) is 30.9 Å². The summed E-state index contributed by atoms with van der Waals surface area (Å²) in [5.74, 6) is -1.16. The molecule has 31 heavy (non-hydrogen) atoms. The molecule has 2 fully saturated rings. The number of urea groups is 1. The molecule has 0 aromatic heterocycles. The van der Waals surface area contributed by atoms with Gasteiger partial charge in [-0.15, -0.1) is 0 Å². The van der Waals surface area contributed by atoms with Gasteiger partial charge in [0.15, 0.2) is 6.61 Å². The summed E-state index contributed by atoms with van der Waals surface area (Å²) < 4.78 is 5.01. The van der Waals surface area contributed by atoms with Crippen molar-refractivity contribution in [2.75, 3.05) is 18.5 Å². The molecule has 0 atom stereocenters. The van der Waals surface area contributed by atoms with Gasteiger partial charge in [0.1, 0.15) is 5.54 Å². The van der Waals surface area contributed by atoms with Crippen LogP contribution in [0.5, 0.6) is 0 Å². The fourth-order valence-corrected chi connectivity index (χ4v) is 4.05. The van der Waals surface area contributed by atoms with E-state index in [1.807, 2.05) is 24.3 Å². The number of amides is 4. The standard InChI is InChI=1S/C23H31N3O5/c1-22(2,3)16-8-10-17(11-9-16)24-18(27)15-31-19(28)7-6-14-26-20(29)23(25-21(26)30)12-4-5-13-23/h8-11H,4-7,12-15H2,1-3H3,(H,24,27)(H,25,30). The van der Waals surface area contributed by atoms with Crippen LogP contribution in [0.3, 0.4) is 0 Å². The second-order valence-electron chi connectivity index (χ2n) is 9.32. The monoisotopic (exact) mass is 429 g/mol. The topological polar surface area (TPSA) is 105 Å². The van der Waals surface area contributed by atoms with Crippen molar-refractivity contribution in [1.29, 1.82) is 0 Å². The molecule has 3 rings (SSSR count). The van der Waals surface area contributed by atoms with Gasteiger partial charge in [-0.2, -0.15) is 0 Å². The van der Waals surface area contributed by atoms with Crippen molar-refractivity contribution in [3.05, 3.63) is 29.8 Å². The van der Waals surface area contributed by atoms with Gasteiger partial charge in [-0.1, -0.05) is 45.7 Å². The Morgan fingerprint density at radius 1 is 1.13 bits per heavy atom. The molecule has 0 radical (unpaired) electrons. The number of hydrogen-bond donors (Lipinski definition) is 2. The van der Waals surface area contributed by atoms with E-state index < -0.39 is 23.4 Å². The minimum Gasteiger partial charge on any atom is -0.456 e. The van der Waals surface area contributed by atoms with Gasteiger partial charge in [0, 0.05) is 18.7 Å². The molecular formula is C23H31N3O5. The first-order valence-corrected chi connectivity index (χ1v) is 10.8. The third-order valence-electron chi connectivity index (χ3n) is 5.86. The van der Waals surface area contributed by atoms with Crippen LogP contribution in [0.25, 0.3) is 0 Å². The van der Waals surface area contributed by atoms with Crippen molar-refractivity contribution < 1.29 is 23.9 Å². The number of nitrogens with zero attached hydrogens (tertiary/aromatic N) is 1. The fourth-order valence-electron chi connectivity index (χ4n) is 4.05. The zero-order valence-electron chi connectivity index (χ0n) is 18.5. The molecule has 1 aliphatic carbocycles. The first kappa shape index (κ1) is 22.8. The van der Waals surface area contributed by atoms with Crippen molar-refractivity contribution in [3.8, 4) is 0 Å². The lowest BCUT2D eigenvalue weighted by Gasteiger charge is -2.19. The molecule has 1 saturated heterocycles. The predicted octanol–water partition coefficient (Wildman–Crippen LogP) is 3.11. The summed E-state index contributed by atoms with van der Waals surface area (Å²) >= 11 is 0. The molecule has 168 valence electrons. The van der Waals surface area contributed by atoms with Crippen LogP contribution in [0.4, 0.5) is 10.5 Å². The summed E-state index contributed by atoms with van der Waals surface area (Å²) in [5, 5.41) is 5.50. The highest BCUT2D eigenvalue weighted by molar-refractivity contribution is 6.07. The summed E-state index contributed by atoms with van der Waals surface area (Å²) in [5.41, 5.74) is 1.08. The summed E-state index contributed by atoms with van der Waals surface area (Å²) in [6.07, 6.45) is 3.51. The molecule has 2 N–H and O–H groups in total. The predicted molar refractivity (Wildman–Crippen MR) is 115 cm³/mol. The molecule has 1 spiro atoms. The van der Waals surface area contributed by atoms with Gasteiger partial charge in [-0.05, 0) is 42.4 Å². The highest BCUT2D eigenvalue weighted by Crippen LogP contribution is 2.35. The molecular weight excluding hydrogens is 398 g/mol. The number of hydrogen-bond acceptors (Lipinski definition) is 5. The smallest absolute Gasteiger partial charge is 0.325 e. The van der Waals surface area contributed by atoms with Crippen molar-refractivity contribution >= 4 is 29.5 Å². The third-order valence-corrected chi connectivity index (χ3v) is 5.86. The molecule has 0 unspecified atom stereocenters. The maximum Gasteiger partial charge on any atom is 0.325 e. The van der Waals surface area contributed by atoms with Crippen LogP contribution in [-0.4, -0.2) is 47.4 Å². The molecule has 1 aromatic rings. The van der Waals surface area contributed by atoms with E-state index in [4.69, 9.17) is 4.74 Å². The number of esters is 1. The van der Waals surface area contributed by atoms with Crippen LogP contribution in [0.15, 0.2) is 24.3 Å². The van der Waals surface area contributed by atoms with Crippen molar-refractivity contribution in [3.63, 3.8) is 0 Å². The highest BCUT2D eigenvalue weighted by Gasteiger charge is 2.52. The van der Waals surface area contributed by atoms with E-state index in [0.717, 1.165) is 18.4 Å².